The summed E-state index contributed by atoms with van der Waals surface area (Å²) in [5.74, 6) is -0.277. The van der Waals surface area contributed by atoms with Gasteiger partial charge in [0.15, 0.2) is 0 Å². The van der Waals surface area contributed by atoms with Crippen LogP contribution in [0, 0.1) is 5.82 Å². The van der Waals surface area contributed by atoms with E-state index < -0.39 is 5.54 Å². The lowest BCUT2D eigenvalue weighted by atomic mass is 10.0. The highest BCUT2D eigenvalue weighted by Crippen LogP contribution is 2.51. The molecule has 0 atom stereocenters. The van der Waals surface area contributed by atoms with Gasteiger partial charge in [-0.3, -0.25) is 0 Å². The molecule has 0 saturated heterocycles. The molecular weight excluding hydrogens is 207 g/mol. The molecular formula is C12H9FN2O. The third-order valence-corrected chi connectivity index (χ3v) is 3.14. The van der Waals surface area contributed by atoms with Crippen molar-refractivity contribution >= 4 is 17.0 Å². The summed E-state index contributed by atoms with van der Waals surface area (Å²) in [6.45, 7) is 0. The van der Waals surface area contributed by atoms with Gasteiger partial charge in [-0.15, -0.1) is 0 Å². The number of hydrogen-bond acceptors (Lipinski definition) is 2. The molecule has 1 saturated carbocycles. The zero-order valence-corrected chi connectivity index (χ0v) is 8.46. The Morgan fingerprint density at radius 1 is 1.44 bits per heavy atom. The molecule has 0 unspecified atom stereocenters. The number of fused-ring (bicyclic) bond motifs is 1. The van der Waals surface area contributed by atoms with Crippen LogP contribution in [-0.2, 0) is 10.3 Å². The average molecular weight is 216 g/mol. The second-order valence-electron chi connectivity index (χ2n) is 4.10. The Labute approximate surface area is 91.0 Å². The number of nitrogens with one attached hydrogen (secondary N) is 1. The van der Waals surface area contributed by atoms with E-state index >= 15 is 0 Å². The first-order chi connectivity index (χ1) is 7.77. The van der Waals surface area contributed by atoms with Gasteiger partial charge in [0.05, 0.1) is 0 Å². The van der Waals surface area contributed by atoms with Gasteiger partial charge < -0.3 is 4.98 Å². The van der Waals surface area contributed by atoms with Crippen molar-refractivity contribution in [3.63, 3.8) is 0 Å². The highest BCUT2D eigenvalue weighted by molar-refractivity contribution is 5.85. The van der Waals surface area contributed by atoms with Crippen LogP contribution in [0.15, 0.2) is 29.4 Å². The summed E-state index contributed by atoms with van der Waals surface area (Å²) in [5, 5.41) is 0.541. The Hall–Kier alpha value is -1.93. The number of carbonyl (C=O) groups excluding carboxylic acids is 1. The monoisotopic (exact) mass is 216 g/mol. The van der Waals surface area contributed by atoms with Crippen LogP contribution in [0.25, 0.3) is 10.9 Å². The van der Waals surface area contributed by atoms with Crippen LogP contribution in [0.4, 0.5) is 4.39 Å². The molecule has 0 radical (unpaired) electrons. The summed E-state index contributed by atoms with van der Waals surface area (Å²) in [4.78, 5) is 17.2. The Balaban J connectivity index is 2.29. The molecule has 1 aromatic heterocycles. The number of hydrogen-bond donors (Lipinski definition) is 1. The predicted molar refractivity (Wildman–Crippen MR) is 57.3 cm³/mol. The van der Waals surface area contributed by atoms with E-state index in [-0.39, 0.29) is 5.82 Å². The van der Waals surface area contributed by atoms with Crippen LogP contribution in [-0.4, -0.2) is 11.1 Å². The fourth-order valence-corrected chi connectivity index (χ4v) is 2.15. The molecule has 3 nitrogen and oxygen atoms in total. The Kier molecular flexibility index (Phi) is 1.76. The molecule has 3 rings (SSSR count). The Morgan fingerprint density at radius 2 is 2.25 bits per heavy atom. The number of rotatable bonds is 2. The van der Waals surface area contributed by atoms with Gasteiger partial charge in [0.1, 0.15) is 11.4 Å². The lowest BCUT2D eigenvalue weighted by molar-refractivity contribution is 0.556. The van der Waals surface area contributed by atoms with E-state index in [9.17, 15) is 9.18 Å². The van der Waals surface area contributed by atoms with Gasteiger partial charge in [-0.1, -0.05) is 6.07 Å². The average Bonchev–Trinajstić information content (AvgIpc) is 2.91. The maximum absolute atomic E-state index is 13.7. The lowest BCUT2D eigenvalue weighted by Crippen LogP contribution is -2.01. The molecule has 0 spiro atoms. The normalized spacial score (nSPS) is 17.1. The van der Waals surface area contributed by atoms with Gasteiger partial charge in [-0.05, 0) is 25.0 Å². The summed E-state index contributed by atoms with van der Waals surface area (Å²) in [6.07, 6.45) is 4.88. The smallest absolute Gasteiger partial charge is 0.235 e. The zero-order valence-electron chi connectivity index (χ0n) is 8.46. The fourth-order valence-electron chi connectivity index (χ4n) is 2.15. The molecule has 80 valence electrons. The van der Waals surface area contributed by atoms with Gasteiger partial charge in [-0.25, -0.2) is 9.18 Å². The third-order valence-electron chi connectivity index (χ3n) is 3.14. The molecule has 1 heterocycles. The van der Waals surface area contributed by atoms with E-state index in [4.69, 9.17) is 0 Å². The second kappa shape index (κ2) is 3.03. The molecule has 16 heavy (non-hydrogen) atoms. The van der Waals surface area contributed by atoms with Crippen LogP contribution in [0.2, 0.25) is 0 Å². The van der Waals surface area contributed by atoms with Crippen molar-refractivity contribution in [3.8, 4) is 0 Å². The number of aliphatic imine (C=N–C) groups is 1. The van der Waals surface area contributed by atoms with Crippen LogP contribution < -0.4 is 0 Å². The van der Waals surface area contributed by atoms with Crippen molar-refractivity contribution in [2.45, 2.75) is 18.4 Å². The molecule has 4 heteroatoms. The van der Waals surface area contributed by atoms with Crippen LogP contribution in [0.5, 0.6) is 0 Å². The topological polar surface area (TPSA) is 45.2 Å². The summed E-state index contributed by atoms with van der Waals surface area (Å²) >= 11 is 0. The van der Waals surface area contributed by atoms with Gasteiger partial charge in [-0.2, -0.15) is 4.99 Å². The lowest BCUT2D eigenvalue weighted by Gasteiger charge is -2.05. The Bertz CT molecular complexity index is 607. The van der Waals surface area contributed by atoms with Crippen molar-refractivity contribution in [1.82, 2.24) is 4.98 Å². The standard InChI is InChI=1S/C12H9FN2O/c13-9-2-1-3-10-11(9)8(6-14-10)12(4-5-12)15-7-16/h1-3,6,14H,4-5H2. The molecule has 1 aromatic carbocycles. The number of nitrogens with zero attached hydrogens (tertiary/aromatic N) is 1. The van der Waals surface area contributed by atoms with Crippen molar-refractivity contribution in [3.05, 3.63) is 35.8 Å². The largest absolute Gasteiger partial charge is 0.361 e. The number of benzene rings is 1. The van der Waals surface area contributed by atoms with E-state index in [1.807, 2.05) is 6.07 Å². The van der Waals surface area contributed by atoms with E-state index in [0.717, 1.165) is 23.9 Å². The van der Waals surface area contributed by atoms with Gasteiger partial charge in [0.25, 0.3) is 0 Å². The molecule has 1 aliphatic rings. The summed E-state index contributed by atoms with van der Waals surface area (Å²) in [6, 6.07) is 4.88. The predicted octanol–water partition coefficient (Wildman–Crippen LogP) is 2.63. The highest BCUT2D eigenvalue weighted by atomic mass is 19.1. The molecule has 0 aliphatic heterocycles. The molecule has 1 N–H and O–H groups in total. The van der Waals surface area contributed by atoms with Gasteiger partial charge >= 0.3 is 0 Å². The number of H-pyrrole nitrogens is 1. The first kappa shape index (κ1) is 9.31. The van der Waals surface area contributed by atoms with Crippen LogP contribution in [0.3, 0.4) is 0 Å². The minimum Gasteiger partial charge on any atom is -0.361 e. The maximum atomic E-state index is 13.7. The van der Waals surface area contributed by atoms with E-state index in [0.29, 0.717) is 5.39 Å². The van der Waals surface area contributed by atoms with E-state index in [1.54, 1.807) is 18.3 Å². The van der Waals surface area contributed by atoms with Gasteiger partial charge in [0.2, 0.25) is 6.08 Å². The number of aromatic amines is 1. The number of isocyanates is 1. The van der Waals surface area contributed by atoms with Crippen molar-refractivity contribution in [2.75, 3.05) is 0 Å². The SMILES string of the molecule is O=C=NC1(c2c[nH]c3cccc(F)c23)CC1. The van der Waals surface area contributed by atoms with Crippen molar-refractivity contribution in [1.29, 1.82) is 0 Å². The van der Waals surface area contributed by atoms with Crippen LogP contribution in [0.1, 0.15) is 18.4 Å². The quantitative estimate of drug-likeness (QED) is 0.608. The second-order valence-corrected chi connectivity index (χ2v) is 4.10. The fraction of sp³-hybridized carbons (Fsp3) is 0.250. The molecule has 2 aromatic rings. The molecule has 1 fully saturated rings. The zero-order chi connectivity index (χ0) is 11.2. The minimum atomic E-state index is -0.526. The van der Waals surface area contributed by atoms with Crippen molar-refractivity contribution in [2.24, 2.45) is 4.99 Å². The van der Waals surface area contributed by atoms with E-state index in [2.05, 4.69) is 9.98 Å². The number of aromatic nitrogens is 1. The molecule has 0 amide bonds. The molecule has 1 aliphatic carbocycles. The Morgan fingerprint density at radius 3 is 2.94 bits per heavy atom. The van der Waals surface area contributed by atoms with E-state index in [1.165, 1.54) is 6.07 Å². The van der Waals surface area contributed by atoms with Gasteiger partial charge in [0, 0.05) is 22.7 Å². The van der Waals surface area contributed by atoms with Crippen molar-refractivity contribution < 1.29 is 9.18 Å². The third kappa shape index (κ3) is 1.14. The van der Waals surface area contributed by atoms with Crippen LogP contribution >= 0.6 is 0 Å². The first-order valence-electron chi connectivity index (χ1n) is 5.12. The number of halogens is 1. The molecule has 0 bridgehead atoms. The summed E-state index contributed by atoms with van der Waals surface area (Å²) < 4.78 is 13.7. The highest BCUT2D eigenvalue weighted by Gasteiger charge is 2.46. The minimum absolute atomic E-state index is 0.277. The maximum Gasteiger partial charge on any atom is 0.235 e. The summed E-state index contributed by atoms with van der Waals surface area (Å²) in [7, 11) is 0. The first-order valence-corrected chi connectivity index (χ1v) is 5.12. The summed E-state index contributed by atoms with van der Waals surface area (Å²) in [5.41, 5.74) is 0.980.